The van der Waals surface area contributed by atoms with Crippen molar-refractivity contribution < 1.29 is 9.72 Å². The van der Waals surface area contributed by atoms with E-state index in [1.807, 2.05) is 0 Å². The number of nitro benzene ring substituents is 1. The summed E-state index contributed by atoms with van der Waals surface area (Å²) in [6, 6.07) is 6.36. The molecule has 1 aromatic carbocycles. The molecule has 1 fully saturated rings. The second kappa shape index (κ2) is 9.14. The van der Waals surface area contributed by atoms with Crippen LogP contribution in [0.1, 0.15) is 12.0 Å². The van der Waals surface area contributed by atoms with Crippen LogP contribution in [0.3, 0.4) is 0 Å². The smallest absolute Gasteiger partial charge is 0.276 e. The summed E-state index contributed by atoms with van der Waals surface area (Å²) >= 11 is 0. The van der Waals surface area contributed by atoms with Crippen molar-refractivity contribution in [2.45, 2.75) is 6.42 Å². The number of hydrogen-bond acceptors (Lipinski definition) is 5. The molecule has 0 unspecified atom stereocenters. The summed E-state index contributed by atoms with van der Waals surface area (Å²) in [4.78, 5) is 27.0. The van der Waals surface area contributed by atoms with Gasteiger partial charge in [-0.25, -0.2) is 0 Å². The number of carbonyl (C=O) groups is 1. The Hall–Kier alpha value is -2.25. The van der Waals surface area contributed by atoms with Gasteiger partial charge in [0, 0.05) is 44.9 Å². The van der Waals surface area contributed by atoms with Crippen molar-refractivity contribution in [2.75, 3.05) is 46.3 Å². The standard InChI is InChI=1S/C17H24N4O3/c1-19-11-13-20(14-12-19)10-4-9-18-17(22)8-7-15-5-2-3-6-16(15)21(23)24/h2-3,5-8H,4,9-14H2,1H3,(H,18,22). The van der Waals surface area contributed by atoms with Gasteiger partial charge in [0.05, 0.1) is 10.5 Å². The molecular formula is C17H24N4O3. The van der Waals surface area contributed by atoms with Gasteiger partial charge in [0.15, 0.2) is 0 Å². The Morgan fingerprint density at radius 1 is 1.29 bits per heavy atom. The van der Waals surface area contributed by atoms with Gasteiger partial charge in [-0.3, -0.25) is 14.9 Å². The molecule has 0 saturated carbocycles. The van der Waals surface area contributed by atoms with Gasteiger partial charge >= 0.3 is 0 Å². The minimum Gasteiger partial charge on any atom is -0.353 e. The van der Waals surface area contributed by atoms with Crippen molar-refractivity contribution in [3.8, 4) is 0 Å². The monoisotopic (exact) mass is 332 g/mol. The molecule has 130 valence electrons. The first-order valence-corrected chi connectivity index (χ1v) is 8.16. The van der Waals surface area contributed by atoms with E-state index in [0.29, 0.717) is 12.1 Å². The van der Waals surface area contributed by atoms with E-state index in [-0.39, 0.29) is 11.6 Å². The highest BCUT2D eigenvalue weighted by Crippen LogP contribution is 2.18. The van der Waals surface area contributed by atoms with Crippen LogP contribution in [0.4, 0.5) is 5.69 Å². The third-order valence-electron chi connectivity index (χ3n) is 4.09. The summed E-state index contributed by atoms with van der Waals surface area (Å²) in [6.45, 7) is 5.90. The number of hydrogen-bond donors (Lipinski definition) is 1. The highest BCUT2D eigenvalue weighted by Gasteiger charge is 2.13. The van der Waals surface area contributed by atoms with Gasteiger partial charge in [-0.15, -0.1) is 0 Å². The van der Waals surface area contributed by atoms with E-state index in [4.69, 9.17) is 0 Å². The third-order valence-corrected chi connectivity index (χ3v) is 4.09. The van der Waals surface area contributed by atoms with Crippen molar-refractivity contribution in [3.63, 3.8) is 0 Å². The maximum atomic E-state index is 11.8. The van der Waals surface area contributed by atoms with Crippen molar-refractivity contribution in [1.29, 1.82) is 0 Å². The van der Waals surface area contributed by atoms with E-state index in [9.17, 15) is 14.9 Å². The van der Waals surface area contributed by atoms with Crippen molar-refractivity contribution in [3.05, 3.63) is 46.0 Å². The van der Waals surface area contributed by atoms with Gasteiger partial charge < -0.3 is 15.1 Å². The van der Waals surface area contributed by atoms with Gasteiger partial charge in [0.25, 0.3) is 5.69 Å². The van der Waals surface area contributed by atoms with E-state index in [1.165, 1.54) is 18.2 Å². The molecule has 0 spiro atoms. The Morgan fingerprint density at radius 3 is 2.71 bits per heavy atom. The molecule has 1 saturated heterocycles. The lowest BCUT2D eigenvalue weighted by atomic mass is 10.1. The topological polar surface area (TPSA) is 78.7 Å². The van der Waals surface area contributed by atoms with Crippen LogP contribution in [0.2, 0.25) is 0 Å². The first kappa shape index (κ1) is 18.1. The predicted octanol–water partition coefficient (Wildman–Crippen LogP) is 1.36. The molecule has 1 amide bonds. The number of benzene rings is 1. The number of piperazine rings is 1. The number of nitro groups is 1. The van der Waals surface area contributed by atoms with Crippen molar-refractivity contribution >= 4 is 17.7 Å². The third kappa shape index (κ3) is 5.75. The Labute approximate surface area is 142 Å². The van der Waals surface area contributed by atoms with Crippen LogP contribution in [-0.2, 0) is 4.79 Å². The maximum absolute atomic E-state index is 11.8. The zero-order chi connectivity index (χ0) is 17.4. The Morgan fingerprint density at radius 2 is 2.00 bits per heavy atom. The van der Waals surface area contributed by atoms with Gasteiger partial charge in [-0.2, -0.15) is 0 Å². The lowest BCUT2D eigenvalue weighted by molar-refractivity contribution is -0.385. The average Bonchev–Trinajstić information content (AvgIpc) is 2.58. The van der Waals surface area contributed by atoms with Gasteiger partial charge in [-0.05, 0) is 32.2 Å². The summed E-state index contributed by atoms with van der Waals surface area (Å²) in [6.07, 6.45) is 3.72. The molecule has 0 bridgehead atoms. The fraction of sp³-hybridized carbons (Fsp3) is 0.471. The molecule has 0 radical (unpaired) electrons. The number of nitrogens with one attached hydrogen (secondary N) is 1. The largest absolute Gasteiger partial charge is 0.353 e. The highest BCUT2D eigenvalue weighted by atomic mass is 16.6. The van der Waals surface area contributed by atoms with Crippen LogP contribution >= 0.6 is 0 Å². The van der Waals surface area contributed by atoms with Crippen LogP contribution in [0, 0.1) is 10.1 Å². The van der Waals surface area contributed by atoms with Crippen LogP contribution < -0.4 is 5.32 Å². The molecular weight excluding hydrogens is 308 g/mol. The first-order chi connectivity index (χ1) is 11.6. The number of carbonyl (C=O) groups excluding carboxylic acids is 1. The lowest BCUT2D eigenvalue weighted by Crippen LogP contribution is -2.45. The van der Waals surface area contributed by atoms with E-state index in [2.05, 4.69) is 22.2 Å². The van der Waals surface area contributed by atoms with E-state index in [0.717, 1.165) is 39.1 Å². The minimum atomic E-state index is -0.451. The van der Waals surface area contributed by atoms with Gasteiger partial charge in [0.1, 0.15) is 0 Å². The molecule has 1 aliphatic rings. The second-order valence-electron chi connectivity index (χ2n) is 5.94. The normalized spacial score (nSPS) is 16.4. The maximum Gasteiger partial charge on any atom is 0.276 e. The van der Waals surface area contributed by atoms with Crippen LogP contribution in [0.25, 0.3) is 6.08 Å². The average molecular weight is 332 g/mol. The Kier molecular flexibility index (Phi) is 6.89. The number of para-hydroxylation sites is 1. The van der Waals surface area contributed by atoms with Crippen molar-refractivity contribution in [2.24, 2.45) is 0 Å². The summed E-state index contributed by atoms with van der Waals surface area (Å²) < 4.78 is 0. The highest BCUT2D eigenvalue weighted by molar-refractivity contribution is 5.92. The first-order valence-electron chi connectivity index (χ1n) is 8.16. The summed E-state index contributed by atoms with van der Waals surface area (Å²) in [5.74, 6) is -0.230. The van der Waals surface area contributed by atoms with Crippen LogP contribution in [-0.4, -0.2) is 66.9 Å². The number of nitrogens with zero attached hydrogens (tertiary/aromatic N) is 3. The Bertz CT molecular complexity index is 595. The molecule has 0 atom stereocenters. The molecule has 7 heteroatoms. The molecule has 7 nitrogen and oxygen atoms in total. The fourth-order valence-corrected chi connectivity index (χ4v) is 2.60. The number of rotatable bonds is 7. The van der Waals surface area contributed by atoms with E-state index >= 15 is 0 Å². The fourth-order valence-electron chi connectivity index (χ4n) is 2.60. The summed E-state index contributed by atoms with van der Waals surface area (Å²) in [7, 11) is 2.13. The SMILES string of the molecule is CN1CCN(CCCNC(=O)C=Cc2ccccc2[N+](=O)[O-])CC1. The zero-order valence-electron chi connectivity index (χ0n) is 14.0. The Balaban J connectivity index is 1.71. The number of amides is 1. The van der Waals surface area contributed by atoms with Gasteiger partial charge in [0.2, 0.25) is 5.91 Å². The van der Waals surface area contributed by atoms with E-state index < -0.39 is 4.92 Å². The molecule has 2 rings (SSSR count). The number of likely N-dealkylation sites (N-methyl/N-ethyl adjacent to an activating group) is 1. The summed E-state index contributed by atoms with van der Waals surface area (Å²) in [5.41, 5.74) is 0.423. The molecule has 1 heterocycles. The summed E-state index contributed by atoms with van der Waals surface area (Å²) in [5, 5.41) is 13.7. The predicted molar refractivity (Wildman–Crippen MR) is 93.7 cm³/mol. The molecule has 1 aromatic rings. The molecule has 0 aromatic heterocycles. The van der Waals surface area contributed by atoms with E-state index in [1.54, 1.807) is 18.2 Å². The van der Waals surface area contributed by atoms with Gasteiger partial charge in [-0.1, -0.05) is 12.1 Å². The molecule has 0 aliphatic carbocycles. The zero-order valence-corrected chi connectivity index (χ0v) is 14.0. The lowest BCUT2D eigenvalue weighted by Gasteiger charge is -2.32. The second-order valence-corrected chi connectivity index (χ2v) is 5.94. The van der Waals surface area contributed by atoms with Crippen LogP contribution in [0.5, 0.6) is 0 Å². The molecule has 1 aliphatic heterocycles. The minimum absolute atomic E-state index is 0.00313. The van der Waals surface area contributed by atoms with Crippen molar-refractivity contribution in [1.82, 2.24) is 15.1 Å². The quantitative estimate of drug-likeness (QED) is 0.353. The molecule has 24 heavy (non-hydrogen) atoms. The van der Waals surface area contributed by atoms with Crippen LogP contribution in [0.15, 0.2) is 30.3 Å². The molecule has 1 N–H and O–H groups in total.